The summed E-state index contributed by atoms with van der Waals surface area (Å²) in [6, 6.07) is 46.2. The largest absolute Gasteiger partial charge is 0.309 e. The lowest BCUT2D eigenvalue weighted by Gasteiger charge is -2.26. The molecule has 0 aliphatic heterocycles. The fourth-order valence-electron chi connectivity index (χ4n) is 6.46. The molecular weight excluding hydrogens is 554 g/mol. The quantitative estimate of drug-likeness (QED) is 0.189. The Hall–Kier alpha value is -4.77. The molecule has 0 saturated carbocycles. The number of hydrogen-bond donors (Lipinski definition) is 0. The molecule has 2 aromatic heterocycles. The lowest BCUT2D eigenvalue weighted by molar-refractivity contribution is 0.628. The number of benzene rings is 7. The highest BCUT2D eigenvalue weighted by atomic mass is 32.1. The van der Waals surface area contributed by atoms with Crippen molar-refractivity contribution in [3.63, 3.8) is 0 Å². The Morgan fingerprint density at radius 3 is 1.86 bits per heavy atom. The van der Waals surface area contributed by atoms with E-state index in [-0.39, 0.29) is 5.82 Å². The fraction of sp³-hybridized carbons (Fsp3) is 0. The number of thiophene rings is 2. The molecule has 0 amide bonds. The van der Waals surface area contributed by atoms with Gasteiger partial charge in [-0.15, -0.1) is 22.7 Å². The number of anilines is 3. The summed E-state index contributed by atoms with van der Waals surface area (Å²) in [6.45, 7) is 0. The molecule has 0 unspecified atom stereocenters. The summed E-state index contributed by atoms with van der Waals surface area (Å²) in [7, 11) is 0. The van der Waals surface area contributed by atoms with Crippen LogP contribution < -0.4 is 4.90 Å². The Kier molecular flexibility index (Phi) is 5.19. The Morgan fingerprint density at radius 2 is 1.05 bits per heavy atom. The van der Waals surface area contributed by atoms with Crippen molar-refractivity contribution in [2.24, 2.45) is 0 Å². The third-order valence-corrected chi connectivity index (χ3v) is 10.7. The van der Waals surface area contributed by atoms with Crippen molar-refractivity contribution in [3.05, 3.63) is 139 Å². The number of rotatable bonds is 3. The first-order valence-corrected chi connectivity index (χ1v) is 15.6. The van der Waals surface area contributed by atoms with Crippen LogP contribution in [0, 0.1) is 5.82 Å². The van der Waals surface area contributed by atoms with E-state index in [1.165, 1.54) is 61.9 Å². The predicted octanol–water partition coefficient (Wildman–Crippen LogP) is 12.3. The van der Waals surface area contributed by atoms with E-state index in [2.05, 4.69) is 114 Å². The van der Waals surface area contributed by atoms with Gasteiger partial charge in [-0.2, -0.15) is 0 Å². The molecule has 2 heterocycles. The minimum absolute atomic E-state index is 0.240. The molecule has 0 fully saturated rings. The molecule has 0 N–H and O–H groups in total. The number of nitrogens with zero attached hydrogens (tertiary/aromatic N) is 1. The summed E-state index contributed by atoms with van der Waals surface area (Å²) >= 11 is 3.66. The minimum Gasteiger partial charge on any atom is -0.309 e. The van der Waals surface area contributed by atoms with Crippen LogP contribution in [-0.2, 0) is 0 Å². The van der Waals surface area contributed by atoms with Gasteiger partial charge in [0, 0.05) is 52.4 Å². The van der Waals surface area contributed by atoms with Crippen molar-refractivity contribution < 1.29 is 4.39 Å². The lowest BCUT2D eigenvalue weighted by Crippen LogP contribution is -2.10. The second-order valence-corrected chi connectivity index (χ2v) is 12.7. The Labute approximate surface area is 249 Å². The zero-order valence-electron chi connectivity index (χ0n) is 22.3. The number of hydrogen-bond acceptors (Lipinski definition) is 3. The Balaban J connectivity index is 1.38. The highest BCUT2D eigenvalue weighted by molar-refractivity contribution is 7.27. The van der Waals surface area contributed by atoms with Gasteiger partial charge in [-0.05, 0) is 70.8 Å². The molecule has 0 bridgehead atoms. The normalized spacial score (nSPS) is 11.9. The summed E-state index contributed by atoms with van der Waals surface area (Å²) < 4.78 is 19.2. The Morgan fingerprint density at radius 1 is 0.429 bits per heavy atom. The maximum absolute atomic E-state index is 14.2. The zero-order chi connectivity index (χ0) is 27.8. The van der Waals surface area contributed by atoms with E-state index in [9.17, 15) is 4.39 Å². The van der Waals surface area contributed by atoms with Crippen molar-refractivity contribution in [2.75, 3.05) is 4.90 Å². The van der Waals surface area contributed by atoms with Gasteiger partial charge < -0.3 is 4.90 Å². The van der Waals surface area contributed by atoms with Gasteiger partial charge in [0.2, 0.25) is 0 Å². The van der Waals surface area contributed by atoms with E-state index >= 15 is 0 Å². The molecule has 0 spiro atoms. The smallest absolute Gasteiger partial charge is 0.123 e. The van der Waals surface area contributed by atoms with Gasteiger partial charge in [0.15, 0.2) is 0 Å². The van der Waals surface area contributed by atoms with Crippen molar-refractivity contribution in [1.29, 1.82) is 0 Å². The van der Waals surface area contributed by atoms with Crippen LogP contribution >= 0.6 is 22.7 Å². The van der Waals surface area contributed by atoms with Crippen molar-refractivity contribution in [1.82, 2.24) is 0 Å². The standard InChI is InChI=1S/C38H22FNS2/c39-23-16-18-24(19-17-23)40(25-20-21-35-32(22-25)28-10-5-6-15-34(28)41-35)33-14-7-13-31-36-29-11-3-1-8-26(29)27-9-2-4-12-30(27)38(36)42-37(31)33/h1-22H. The van der Waals surface area contributed by atoms with Crippen LogP contribution in [0.4, 0.5) is 21.5 Å². The third-order valence-electron chi connectivity index (χ3n) is 8.30. The van der Waals surface area contributed by atoms with Crippen molar-refractivity contribution in [2.45, 2.75) is 0 Å². The molecule has 0 saturated heterocycles. The topological polar surface area (TPSA) is 3.24 Å². The van der Waals surface area contributed by atoms with E-state index in [1.807, 2.05) is 34.8 Å². The molecule has 1 nitrogen and oxygen atoms in total. The van der Waals surface area contributed by atoms with Gasteiger partial charge in [0.1, 0.15) is 5.82 Å². The lowest BCUT2D eigenvalue weighted by atomic mass is 9.97. The molecular formula is C38H22FNS2. The minimum atomic E-state index is -0.240. The second kappa shape index (κ2) is 9.12. The average Bonchev–Trinajstić information content (AvgIpc) is 3.62. The first kappa shape index (κ1) is 23.9. The molecule has 198 valence electrons. The third kappa shape index (κ3) is 3.46. The average molecular weight is 576 g/mol. The van der Waals surface area contributed by atoms with E-state index in [0.29, 0.717) is 0 Å². The van der Waals surface area contributed by atoms with Gasteiger partial charge in [-0.1, -0.05) is 78.9 Å². The van der Waals surface area contributed by atoms with Gasteiger partial charge >= 0.3 is 0 Å². The van der Waals surface area contributed by atoms with E-state index in [1.54, 1.807) is 12.1 Å². The summed E-state index contributed by atoms with van der Waals surface area (Å²) in [6.07, 6.45) is 0. The molecule has 0 aliphatic rings. The molecule has 9 aromatic rings. The van der Waals surface area contributed by atoms with Crippen molar-refractivity contribution >= 4 is 102 Å². The van der Waals surface area contributed by atoms with Crippen LogP contribution in [0.25, 0.3) is 61.9 Å². The second-order valence-electron chi connectivity index (χ2n) is 10.6. The SMILES string of the molecule is Fc1ccc(N(c2ccc3sc4ccccc4c3c2)c2cccc3c2sc2c4ccccc4c4ccccc4c32)cc1. The highest BCUT2D eigenvalue weighted by Gasteiger charge is 2.21. The van der Waals surface area contributed by atoms with Crippen LogP contribution in [-0.4, -0.2) is 0 Å². The number of halogens is 1. The van der Waals surface area contributed by atoms with Crippen LogP contribution in [0.5, 0.6) is 0 Å². The molecule has 4 heteroatoms. The highest BCUT2D eigenvalue weighted by Crippen LogP contribution is 2.49. The predicted molar refractivity (Wildman–Crippen MR) is 182 cm³/mol. The monoisotopic (exact) mass is 575 g/mol. The molecule has 0 radical (unpaired) electrons. The Bertz CT molecular complexity index is 2490. The molecule has 0 atom stereocenters. The summed E-state index contributed by atoms with van der Waals surface area (Å²) in [4.78, 5) is 2.29. The maximum atomic E-state index is 14.2. The molecule has 0 aliphatic carbocycles. The van der Waals surface area contributed by atoms with Gasteiger partial charge in [0.25, 0.3) is 0 Å². The molecule has 42 heavy (non-hydrogen) atoms. The van der Waals surface area contributed by atoms with Crippen molar-refractivity contribution in [3.8, 4) is 0 Å². The van der Waals surface area contributed by atoms with Crippen LogP contribution in [0.2, 0.25) is 0 Å². The molecule has 9 rings (SSSR count). The van der Waals surface area contributed by atoms with Gasteiger partial charge in [-0.3, -0.25) is 0 Å². The summed E-state index contributed by atoms with van der Waals surface area (Å²) in [5.41, 5.74) is 3.07. The first-order chi connectivity index (χ1) is 20.7. The van der Waals surface area contributed by atoms with E-state index in [4.69, 9.17) is 0 Å². The van der Waals surface area contributed by atoms with Gasteiger partial charge in [-0.25, -0.2) is 4.39 Å². The summed E-state index contributed by atoms with van der Waals surface area (Å²) in [5, 5.41) is 10.1. The van der Waals surface area contributed by atoms with Crippen LogP contribution in [0.3, 0.4) is 0 Å². The first-order valence-electron chi connectivity index (χ1n) is 14.0. The summed E-state index contributed by atoms with van der Waals surface area (Å²) in [5.74, 6) is -0.240. The maximum Gasteiger partial charge on any atom is 0.123 e. The fourth-order valence-corrected chi connectivity index (χ4v) is 8.90. The van der Waals surface area contributed by atoms with Crippen LogP contribution in [0.15, 0.2) is 133 Å². The van der Waals surface area contributed by atoms with Gasteiger partial charge in [0.05, 0.1) is 10.4 Å². The molecule has 7 aromatic carbocycles. The zero-order valence-corrected chi connectivity index (χ0v) is 24.0. The number of fused-ring (bicyclic) bond motifs is 11. The van der Waals surface area contributed by atoms with E-state index in [0.717, 1.165) is 17.1 Å². The van der Waals surface area contributed by atoms with E-state index < -0.39 is 0 Å². The van der Waals surface area contributed by atoms with Crippen LogP contribution in [0.1, 0.15) is 0 Å².